The number of carbonyl (C=O) groups excluding carboxylic acids is 3. The van der Waals surface area contributed by atoms with Crippen LogP contribution < -0.4 is 16.0 Å². The molecule has 46 heavy (non-hydrogen) atoms. The number of anilines is 1. The molecule has 252 valence electrons. The van der Waals surface area contributed by atoms with Crippen LogP contribution in [0.4, 0.5) is 18.9 Å². The lowest BCUT2D eigenvalue weighted by atomic mass is 9.66. The fraction of sp³-hybridized carbons (Fsp3) is 0.657. The Kier molecular flexibility index (Phi) is 11.1. The highest BCUT2D eigenvalue weighted by atomic mass is 19.3. The molecule has 11 heteroatoms. The minimum absolute atomic E-state index is 0.0428. The molecule has 0 radical (unpaired) electrons. The Morgan fingerprint density at radius 2 is 1.52 bits per heavy atom. The van der Waals surface area contributed by atoms with E-state index in [9.17, 15) is 23.2 Å². The first kappa shape index (κ1) is 34.0. The van der Waals surface area contributed by atoms with Crippen molar-refractivity contribution in [1.82, 2.24) is 20.4 Å². The van der Waals surface area contributed by atoms with E-state index >= 15 is 4.39 Å². The van der Waals surface area contributed by atoms with Crippen LogP contribution in [0.25, 0.3) is 0 Å². The number of alkyl halides is 2. The van der Waals surface area contributed by atoms with E-state index in [0.717, 1.165) is 64.2 Å². The number of hydrogen-bond donors (Lipinski definition) is 3. The molecule has 1 heterocycles. The van der Waals surface area contributed by atoms with E-state index in [2.05, 4.69) is 21.0 Å². The van der Waals surface area contributed by atoms with E-state index in [1.807, 2.05) is 13.8 Å². The maximum atomic E-state index is 15.5. The van der Waals surface area contributed by atoms with Gasteiger partial charge in [-0.05, 0) is 68.7 Å². The Bertz CT molecular complexity index is 1350. The van der Waals surface area contributed by atoms with Gasteiger partial charge >= 0.3 is 0 Å². The number of carbonyl (C=O) groups is 3. The standard InChI is InChI=1S/C35H48F3N5O3/c1-20(2)43-29(16-17-39-43)34(45)42-31(30(22-10-6-4-7-11-22)23-12-8-5-9-13-23)35(46)40-27-15-14-24(18-26(27)36)21(3)33(44)41-28-19-25(28)32(37)38/h14-18,20-23,25,28,30-32H,4-13,19H2,1-3H3,(H,40,46)(H,41,44)(H,42,45)/t21-,25?,28?,31-/m0/s1. The summed E-state index contributed by atoms with van der Waals surface area (Å²) in [6.07, 6.45) is 9.95. The van der Waals surface area contributed by atoms with Crippen LogP contribution >= 0.6 is 0 Å². The first-order valence-electron chi connectivity index (χ1n) is 17.1. The first-order valence-corrected chi connectivity index (χ1v) is 17.1. The van der Waals surface area contributed by atoms with Crippen molar-refractivity contribution in [2.45, 2.75) is 122 Å². The van der Waals surface area contributed by atoms with Crippen molar-refractivity contribution in [3.05, 3.63) is 47.5 Å². The third-order valence-corrected chi connectivity index (χ3v) is 10.4. The Labute approximate surface area is 269 Å². The van der Waals surface area contributed by atoms with E-state index in [4.69, 9.17) is 0 Å². The summed E-state index contributed by atoms with van der Waals surface area (Å²) >= 11 is 0. The van der Waals surface area contributed by atoms with Crippen molar-refractivity contribution >= 4 is 23.4 Å². The summed E-state index contributed by atoms with van der Waals surface area (Å²) in [6.45, 7) is 5.46. The monoisotopic (exact) mass is 643 g/mol. The molecule has 4 atom stereocenters. The van der Waals surface area contributed by atoms with Crippen LogP contribution in [0, 0.1) is 29.5 Å². The molecule has 0 saturated heterocycles. The minimum Gasteiger partial charge on any atom is -0.352 e. The molecule has 3 aliphatic carbocycles. The van der Waals surface area contributed by atoms with E-state index in [-0.39, 0.29) is 41.8 Å². The van der Waals surface area contributed by atoms with Gasteiger partial charge in [0.15, 0.2) is 0 Å². The maximum Gasteiger partial charge on any atom is 0.270 e. The van der Waals surface area contributed by atoms with E-state index < -0.39 is 48.0 Å². The van der Waals surface area contributed by atoms with Crippen molar-refractivity contribution in [2.75, 3.05) is 5.32 Å². The predicted octanol–water partition coefficient (Wildman–Crippen LogP) is 6.99. The summed E-state index contributed by atoms with van der Waals surface area (Å²) in [5.41, 5.74) is 0.697. The second-order valence-electron chi connectivity index (χ2n) is 13.9. The predicted molar refractivity (Wildman–Crippen MR) is 170 cm³/mol. The first-order chi connectivity index (χ1) is 22.0. The maximum absolute atomic E-state index is 15.5. The average Bonchev–Trinajstić information content (AvgIpc) is 3.63. The molecular weight excluding hydrogens is 595 g/mol. The fourth-order valence-corrected chi connectivity index (χ4v) is 7.66. The number of nitrogens with zero attached hydrogens (tertiary/aromatic N) is 2. The molecule has 5 rings (SSSR count). The van der Waals surface area contributed by atoms with Crippen LogP contribution in [0.1, 0.15) is 119 Å². The van der Waals surface area contributed by atoms with Gasteiger partial charge in [-0.15, -0.1) is 0 Å². The van der Waals surface area contributed by atoms with Gasteiger partial charge in [-0.2, -0.15) is 5.10 Å². The molecule has 8 nitrogen and oxygen atoms in total. The van der Waals surface area contributed by atoms with Gasteiger partial charge in [0.2, 0.25) is 18.2 Å². The van der Waals surface area contributed by atoms with Crippen LogP contribution in [0.5, 0.6) is 0 Å². The smallest absolute Gasteiger partial charge is 0.270 e. The van der Waals surface area contributed by atoms with E-state index in [0.29, 0.717) is 11.3 Å². The summed E-state index contributed by atoms with van der Waals surface area (Å²) in [6, 6.07) is 4.34. The zero-order valence-corrected chi connectivity index (χ0v) is 27.1. The fourth-order valence-electron chi connectivity index (χ4n) is 7.66. The van der Waals surface area contributed by atoms with Crippen molar-refractivity contribution < 1.29 is 27.6 Å². The molecular formula is C35H48F3N5O3. The van der Waals surface area contributed by atoms with Gasteiger partial charge in [-0.1, -0.05) is 70.3 Å². The average molecular weight is 644 g/mol. The molecule has 2 unspecified atom stereocenters. The second-order valence-corrected chi connectivity index (χ2v) is 13.9. The van der Waals surface area contributed by atoms with Gasteiger partial charge in [0, 0.05) is 24.2 Å². The Morgan fingerprint density at radius 1 is 0.891 bits per heavy atom. The quantitative estimate of drug-likeness (QED) is 0.232. The van der Waals surface area contributed by atoms with Gasteiger partial charge < -0.3 is 16.0 Å². The summed E-state index contributed by atoms with van der Waals surface area (Å²) in [4.78, 5) is 40.6. The van der Waals surface area contributed by atoms with Gasteiger partial charge in [-0.3, -0.25) is 19.1 Å². The zero-order valence-electron chi connectivity index (χ0n) is 27.1. The SMILES string of the molecule is CC(C)n1nccc1C(=O)N[C@H](C(=O)Nc1ccc([C@H](C)C(=O)NC2CC2C(F)F)cc1F)C(C1CCCCC1)C1CCCCC1. The highest BCUT2D eigenvalue weighted by Gasteiger charge is 2.45. The molecule has 0 bridgehead atoms. The third-order valence-electron chi connectivity index (χ3n) is 10.4. The lowest BCUT2D eigenvalue weighted by Crippen LogP contribution is -2.53. The van der Waals surface area contributed by atoms with Gasteiger partial charge in [0.05, 0.1) is 11.6 Å². The minimum atomic E-state index is -2.48. The number of nitrogens with one attached hydrogen (secondary N) is 3. The van der Waals surface area contributed by atoms with Gasteiger partial charge in [0.25, 0.3) is 5.91 Å². The number of aromatic nitrogens is 2. The highest BCUT2D eigenvalue weighted by molar-refractivity contribution is 6.01. The van der Waals surface area contributed by atoms with Crippen molar-refractivity contribution in [1.29, 1.82) is 0 Å². The summed E-state index contributed by atoms with van der Waals surface area (Å²) in [5.74, 6) is -3.17. The lowest BCUT2D eigenvalue weighted by Gasteiger charge is -2.42. The molecule has 3 fully saturated rings. The summed E-state index contributed by atoms with van der Waals surface area (Å²) in [7, 11) is 0. The number of hydrogen-bond acceptors (Lipinski definition) is 4. The number of halogens is 3. The van der Waals surface area contributed by atoms with Crippen LogP contribution in [0.3, 0.4) is 0 Å². The number of benzene rings is 1. The van der Waals surface area contributed by atoms with Crippen molar-refractivity contribution in [3.8, 4) is 0 Å². The molecule has 0 aliphatic heterocycles. The van der Waals surface area contributed by atoms with Gasteiger partial charge in [-0.25, -0.2) is 13.2 Å². The number of amides is 3. The van der Waals surface area contributed by atoms with E-state index in [1.165, 1.54) is 12.1 Å². The van der Waals surface area contributed by atoms with Crippen LogP contribution in [0.2, 0.25) is 0 Å². The zero-order chi connectivity index (χ0) is 33.0. The Hall–Kier alpha value is -3.37. The van der Waals surface area contributed by atoms with Crippen LogP contribution in [0.15, 0.2) is 30.5 Å². The Morgan fingerprint density at radius 3 is 2.07 bits per heavy atom. The summed E-state index contributed by atoms with van der Waals surface area (Å²) in [5, 5.41) is 12.8. The third kappa shape index (κ3) is 7.94. The van der Waals surface area contributed by atoms with Crippen LogP contribution in [-0.4, -0.2) is 46.0 Å². The molecule has 1 aromatic carbocycles. The van der Waals surface area contributed by atoms with Crippen molar-refractivity contribution in [2.24, 2.45) is 23.7 Å². The molecule has 3 aliphatic rings. The largest absolute Gasteiger partial charge is 0.352 e. The molecule has 1 aromatic heterocycles. The molecule has 2 aromatic rings. The topological polar surface area (TPSA) is 105 Å². The molecule has 3 amide bonds. The van der Waals surface area contributed by atoms with Crippen LogP contribution in [-0.2, 0) is 9.59 Å². The van der Waals surface area contributed by atoms with Gasteiger partial charge in [0.1, 0.15) is 17.6 Å². The normalized spacial score (nSPS) is 22.1. The van der Waals surface area contributed by atoms with Crippen molar-refractivity contribution in [3.63, 3.8) is 0 Å². The molecule has 0 spiro atoms. The van der Waals surface area contributed by atoms with E-state index in [1.54, 1.807) is 29.9 Å². The highest BCUT2D eigenvalue weighted by Crippen LogP contribution is 2.42. The molecule has 3 N–H and O–H groups in total. The Balaban J connectivity index is 1.38. The second kappa shape index (κ2) is 15.0. The lowest BCUT2D eigenvalue weighted by molar-refractivity contribution is -0.122. The number of rotatable bonds is 12. The summed E-state index contributed by atoms with van der Waals surface area (Å²) < 4.78 is 43.0. The molecule has 3 saturated carbocycles.